The molecule has 2 N–H and O–H groups in total. The number of hydrogen-bond acceptors (Lipinski definition) is 8. The summed E-state index contributed by atoms with van der Waals surface area (Å²) in [5.74, 6) is 0.0316. The molecule has 9 heteroatoms. The number of hydrogen-bond donors (Lipinski definition) is 1. The highest BCUT2D eigenvalue weighted by Crippen LogP contribution is 2.44. The number of nitriles is 1. The van der Waals surface area contributed by atoms with Gasteiger partial charge in [-0.05, 0) is 25.5 Å². The predicted octanol–water partition coefficient (Wildman–Crippen LogP) is 4.08. The standard InChI is InChI=1S/C23H22ClN3O5/c1-3-5-16-20(23(28)29-4-2)19(14(11-25)22(26)32-16)13-8-12-9-17-18(31-7-6-30-17)10-15(12)27-21(13)24/h8-10,19H,3-7,26H2,1-2H3/t19-/m1/s1. The quantitative estimate of drug-likeness (QED) is 0.529. The molecule has 0 spiro atoms. The molecular formula is C23H22ClN3O5. The molecule has 8 nitrogen and oxygen atoms in total. The Labute approximate surface area is 190 Å². The number of benzene rings is 1. The molecule has 0 unspecified atom stereocenters. The summed E-state index contributed by atoms with van der Waals surface area (Å²) in [4.78, 5) is 17.5. The van der Waals surface area contributed by atoms with Crippen molar-refractivity contribution in [3.8, 4) is 17.6 Å². The van der Waals surface area contributed by atoms with E-state index < -0.39 is 11.9 Å². The van der Waals surface area contributed by atoms with Crippen molar-refractivity contribution < 1.29 is 23.7 Å². The first-order valence-corrected chi connectivity index (χ1v) is 10.7. The lowest BCUT2D eigenvalue weighted by molar-refractivity contribution is -0.139. The molecule has 3 heterocycles. The monoisotopic (exact) mass is 455 g/mol. The fraction of sp³-hybridized carbons (Fsp3) is 0.348. The van der Waals surface area contributed by atoms with Crippen molar-refractivity contribution in [2.75, 3.05) is 19.8 Å². The summed E-state index contributed by atoms with van der Waals surface area (Å²) in [6, 6.07) is 7.41. The molecule has 0 saturated heterocycles. The highest BCUT2D eigenvalue weighted by Gasteiger charge is 2.39. The molecule has 0 bridgehead atoms. The Kier molecular flexibility index (Phi) is 6.10. The summed E-state index contributed by atoms with van der Waals surface area (Å²) in [6.07, 6.45) is 1.15. The summed E-state index contributed by atoms with van der Waals surface area (Å²) in [7, 11) is 0. The number of nitrogens with zero attached hydrogens (tertiary/aromatic N) is 2. The van der Waals surface area contributed by atoms with Crippen LogP contribution in [0.25, 0.3) is 10.9 Å². The second kappa shape index (κ2) is 8.97. The van der Waals surface area contributed by atoms with Gasteiger partial charge in [0.25, 0.3) is 0 Å². The predicted molar refractivity (Wildman–Crippen MR) is 117 cm³/mol. The van der Waals surface area contributed by atoms with E-state index >= 15 is 0 Å². The molecule has 32 heavy (non-hydrogen) atoms. The van der Waals surface area contributed by atoms with E-state index in [-0.39, 0.29) is 28.8 Å². The Hall–Kier alpha value is -3.44. The first kappa shape index (κ1) is 21.8. The minimum absolute atomic E-state index is 0.0627. The fourth-order valence-corrected chi connectivity index (χ4v) is 4.13. The van der Waals surface area contributed by atoms with Crippen molar-refractivity contribution in [2.45, 2.75) is 32.6 Å². The maximum absolute atomic E-state index is 13.0. The van der Waals surface area contributed by atoms with E-state index in [1.165, 1.54) is 0 Å². The van der Waals surface area contributed by atoms with Gasteiger partial charge >= 0.3 is 5.97 Å². The van der Waals surface area contributed by atoms with Crippen molar-refractivity contribution in [1.82, 2.24) is 4.98 Å². The molecule has 1 atom stereocenters. The second-order valence-corrected chi connectivity index (χ2v) is 7.65. The Bertz CT molecular complexity index is 1200. The molecule has 0 fully saturated rings. The molecule has 0 saturated carbocycles. The van der Waals surface area contributed by atoms with Gasteiger partial charge in [-0.25, -0.2) is 9.78 Å². The molecule has 4 rings (SSSR count). The number of rotatable bonds is 5. The van der Waals surface area contributed by atoms with Crippen LogP contribution >= 0.6 is 11.6 Å². The maximum Gasteiger partial charge on any atom is 0.338 e. The number of halogens is 1. The number of esters is 1. The van der Waals surface area contributed by atoms with E-state index in [1.54, 1.807) is 25.1 Å². The largest absolute Gasteiger partial charge is 0.486 e. The number of nitrogens with two attached hydrogens (primary N) is 1. The van der Waals surface area contributed by atoms with Crippen LogP contribution in [0.3, 0.4) is 0 Å². The molecule has 2 aromatic rings. The number of fused-ring (bicyclic) bond motifs is 2. The van der Waals surface area contributed by atoms with Gasteiger partial charge in [-0.2, -0.15) is 5.26 Å². The highest BCUT2D eigenvalue weighted by molar-refractivity contribution is 6.30. The van der Waals surface area contributed by atoms with Gasteiger partial charge < -0.3 is 24.7 Å². The average Bonchev–Trinajstić information content (AvgIpc) is 2.77. The Morgan fingerprint density at radius 1 is 1.28 bits per heavy atom. The fourth-order valence-electron chi connectivity index (χ4n) is 3.88. The summed E-state index contributed by atoms with van der Waals surface area (Å²) in [5.41, 5.74) is 7.41. The number of carbonyl (C=O) groups is 1. The Morgan fingerprint density at radius 2 is 2.00 bits per heavy atom. The lowest BCUT2D eigenvalue weighted by Gasteiger charge is -2.28. The van der Waals surface area contributed by atoms with E-state index in [0.29, 0.717) is 54.4 Å². The third-order valence-corrected chi connectivity index (χ3v) is 5.54. The van der Waals surface area contributed by atoms with Crippen LogP contribution in [0.1, 0.15) is 38.2 Å². The maximum atomic E-state index is 13.0. The van der Waals surface area contributed by atoms with Crippen LogP contribution in [-0.2, 0) is 14.3 Å². The van der Waals surface area contributed by atoms with Gasteiger partial charge in [0.05, 0.1) is 23.6 Å². The summed E-state index contributed by atoms with van der Waals surface area (Å²) in [5, 5.41) is 10.7. The van der Waals surface area contributed by atoms with E-state index in [2.05, 4.69) is 11.1 Å². The number of carbonyl (C=O) groups excluding carboxylic acids is 1. The molecule has 2 aliphatic heterocycles. The minimum atomic E-state index is -0.869. The van der Waals surface area contributed by atoms with Crippen molar-refractivity contribution in [3.05, 3.63) is 51.7 Å². The lowest BCUT2D eigenvalue weighted by atomic mass is 9.82. The van der Waals surface area contributed by atoms with Gasteiger partial charge in [0.2, 0.25) is 5.88 Å². The van der Waals surface area contributed by atoms with Crippen molar-refractivity contribution in [2.24, 2.45) is 5.73 Å². The Balaban J connectivity index is 1.93. The molecule has 0 aliphatic carbocycles. The molecular weight excluding hydrogens is 434 g/mol. The van der Waals surface area contributed by atoms with Gasteiger partial charge in [0, 0.05) is 23.4 Å². The molecule has 166 valence electrons. The third-order valence-electron chi connectivity index (χ3n) is 5.24. The van der Waals surface area contributed by atoms with Crippen molar-refractivity contribution in [1.29, 1.82) is 5.26 Å². The number of aromatic nitrogens is 1. The third kappa shape index (κ3) is 3.80. The lowest BCUT2D eigenvalue weighted by Crippen LogP contribution is -2.26. The summed E-state index contributed by atoms with van der Waals surface area (Å²) in [6.45, 7) is 4.73. The SMILES string of the molecule is CCCC1=C(C(=O)OCC)[C@H](c2cc3cc4c(cc3nc2Cl)OCCO4)C(C#N)=C(N)O1. The molecule has 1 aromatic carbocycles. The van der Waals surface area contributed by atoms with E-state index in [4.69, 9.17) is 36.3 Å². The van der Waals surface area contributed by atoms with Crippen LogP contribution in [0.2, 0.25) is 5.15 Å². The first-order valence-electron chi connectivity index (χ1n) is 10.4. The van der Waals surface area contributed by atoms with Crippen molar-refractivity contribution >= 4 is 28.5 Å². The smallest absolute Gasteiger partial charge is 0.338 e. The molecule has 2 aliphatic rings. The zero-order chi connectivity index (χ0) is 22.8. The van der Waals surface area contributed by atoms with Gasteiger partial charge in [0.1, 0.15) is 35.8 Å². The minimum Gasteiger partial charge on any atom is -0.486 e. The van der Waals surface area contributed by atoms with Crippen molar-refractivity contribution in [3.63, 3.8) is 0 Å². The topological polar surface area (TPSA) is 117 Å². The molecule has 0 amide bonds. The Morgan fingerprint density at radius 3 is 2.66 bits per heavy atom. The summed E-state index contributed by atoms with van der Waals surface area (Å²) >= 11 is 6.59. The van der Waals surface area contributed by atoms with E-state index in [0.717, 1.165) is 5.39 Å². The van der Waals surface area contributed by atoms with Gasteiger partial charge in [0.15, 0.2) is 11.5 Å². The number of ether oxygens (including phenoxy) is 4. The van der Waals surface area contributed by atoms with E-state index in [1.807, 2.05) is 6.92 Å². The molecule has 1 aromatic heterocycles. The average molecular weight is 456 g/mol. The zero-order valence-electron chi connectivity index (χ0n) is 17.7. The van der Waals surface area contributed by atoms with Crippen LogP contribution in [0, 0.1) is 11.3 Å². The van der Waals surface area contributed by atoms with Crippen LogP contribution < -0.4 is 15.2 Å². The van der Waals surface area contributed by atoms with Crippen LogP contribution in [0.4, 0.5) is 0 Å². The van der Waals surface area contributed by atoms with Crippen LogP contribution in [-0.4, -0.2) is 30.8 Å². The first-order chi connectivity index (χ1) is 15.5. The second-order valence-electron chi connectivity index (χ2n) is 7.29. The van der Waals surface area contributed by atoms with Gasteiger partial charge in [-0.1, -0.05) is 18.5 Å². The van der Waals surface area contributed by atoms with Gasteiger partial charge in [-0.15, -0.1) is 0 Å². The van der Waals surface area contributed by atoms with Crippen LogP contribution in [0.15, 0.2) is 41.0 Å². The highest BCUT2D eigenvalue weighted by atomic mass is 35.5. The molecule has 0 radical (unpaired) electrons. The zero-order valence-corrected chi connectivity index (χ0v) is 18.5. The number of allylic oxidation sites excluding steroid dienone is 2. The normalized spacial score (nSPS) is 17.8. The van der Waals surface area contributed by atoms with Crippen LogP contribution in [0.5, 0.6) is 11.5 Å². The van der Waals surface area contributed by atoms with Gasteiger partial charge in [-0.3, -0.25) is 0 Å². The van der Waals surface area contributed by atoms with E-state index in [9.17, 15) is 10.1 Å². The summed E-state index contributed by atoms with van der Waals surface area (Å²) < 4.78 is 22.3. The number of pyridine rings is 1.